The summed E-state index contributed by atoms with van der Waals surface area (Å²) in [4.78, 5) is 25.6. The van der Waals surface area contributed by atoms with Gasteiger partial charge in [0.15, 0.2) is 11.5 Å². The van der Waals surface area contributed by atoms with E-state index >= 15 is 0 Å². The second-order valence-electron chi connectivity index (χ2n) is 11.5. The van der Waals surface area contributed by atoms with E-state index < -0.39 is 12.2 Å². The van der Waals surface area contributed by atoms with Crippen molar-refractivity contribution in [3.05, 3.63) is 59.7 Å². The van der Waals surface area contributed by atoms with E-state index in [4.69, 9.17) is 23.7 Å². The van der Waals surface area contributed by atoms with Crippen LogP contribution in [0, 0.1) is 23.7 Å². The number of benzene rings is 2. The fourth-order valence-corrected chi connectivity index (χ4v) is 5.21. The normalized spacial score (nSPS) is 18.2. The minimum atomic E-state index is -0.512. The van der Waals surface area contributed by atoms with Crippen molar-refractivity contribution < 1.29 is 33.3 Å². The SMILES string of the molecule is COCCCOc1cc(CC(CC(NC(=O)OCc2ccccc2)C2C[C@@H](C(C)C)C(=O)O2)C(C)C)ccc1OC. The Labute approximate surface area is 245 Å². The van der Waals surface area contributed by atoms with Gasteiger partial charge in [-0.2, -0.15) is 0 Å². The number of methoxy groups -OCH3 is 2. The zero-order valence-electron chi connectivity index (χ0n) is 25.4. The average molecular weight is 570 g/mol. The first-order chi connectivity index (χ1) is 19.7. The summed E-state index contributed by atoms with van der Waals surface area (Å²) in [7, 11) is 3.31. The number of hydrogen-bond donors (Lipinski definition) is 1. The highest BCUT2D eigenvalue weighted by Gasteiger charge is 2.42. The largest absolute Gasteiger partial charge is 0.493 e. The maximum Gasteiger partial charge on any atom is 0.407 e. The minimum absolute atomic E-state index is 0.167. The third-order valence-corrected chi connectivity index (χ3v) is 7.80. The summed E-state index contributed by atoms with van der Waals surface area (Å²) in [6, 6.07) is 15.2. The van der Waals surface area contributed by atoms with Crippen LogP contribution in [0.5, 0.6) is 11.5 Å². The number of cyclic esters (lactones) is 1. The number of nitrogens with one attached hydrogen (secondary N) is 1. The summed E-state index contributed by atoms with van der Waals surface area (Å²) in [5.74, 6) is 1.69. The monoisotopic (exact) mass is 569 g/mol. The van der Waals surface area contributed by atoms with Crippen LogP contribution >= 0.6 is 0 Å². The summed E-state index contributed by atoms with van der Waals surface area (Å²) >= 11 is 0. The summed E-state index contributed by atoms with van der Waals surface area (Å²) in [5, 5.41) is 3.05. The van der Waals surface area contributed by atoms with E-state index in [0.717, 1.165) is 24.0 Å². The number of carbonyl (C=O) groups is 2. The van der Waals surface area contributed by atoms with Crippen molar-refractivity contribution in [2.45, 2.75) is 72.1 Å². The summed E-state index contributed by atoms with van der Waals surface area (Å²) in [5.41, 5.74) is 2.02. The molecule has 0 aliphatic carbocycles. The Bertz CT molecular complexity index is 1090. The number of esters is 1. The fraction of sp³-hybridized carbons (Fsp3) is 0.576. The van der Waals surface area contributed by atoms with E-state index in [2.05, 4.69) is 25.2 Å². The first kappa shape index (κ1) is 32.3. The molecule has 0 bridgehead atoms. The highest BCUT2D eigenvalue weighted by atomic mass is 16.6. The molecule has 1 heterocycles. The summed E-state index contributed by atoms with van der Waals surface area (Å²) in [6.45, 7) is 9.74. The Kier molecular flexibility index (Phi) is 12.8. The lowest BCUT2D eigenvalue weighted by molar-refractivity contribution is -0.146. The van der Waals surface area contributed by atoms with Gasteiger partial charge in [-0.15, -0.1) is 0 Å². The van der Waals surface area contributed by atoms with Crippen LogP contribution in [-0.4, -0.2) is 51.6 Å². The van der Waals surface area contributed by atoms with E-state index in [0.29, 0.717) is 43.5 Å². The van der Waals surface area contributed by atoms with Crippen LogP contribution in [0.4, 0.5) is 4.79 Å². The van der Waals surface area contributed by atoms with E-state index in [1.807, 2.05) is 56.3 Å². The van der Waals surface area contributed by atoms with Crippen LogP contribution in [0.3, 0.4) is 0 Å². The van der Waals surface area contributed by atoms with Gasteiger partial charge in [-0.05, 0) is 60.3 Å². The molecule has 41 heavy (non-hydrogen) atoms. The molecule has 4 atom stereocenters. The quantitative estimate of drug-likeness (QED) is 0.190. The number of amides is 1. The van der Waals surface area contributed by atoms with Gasteiger partial charge in [-0.25, -0.2) is 4.79 Å². The van der Waals surface area contributed by atoms with Crippen molar-refractivity contribution in [3.63, 3.8) is 0 Å². The summed E-state index contributed by atoms with van der Waals surface area (Å²) in [6.07, 6.45) is 1.84. The Morgan fingerprint density at radius 2 is 1.76 bits per heavy atom. The summed E-state index contributed by atoms with van der Waals surface area (Å²) < 4.78 is 28.0. The van der Waals surface area contributed by atoms with Crippen LogP contribution in [0.25, 0.3) is 0 Å². The highest BCUT2D eigenvalue weighted by molar-refractivity contribution is 5.75. The van der Waals surface area contributed by atoms with Crippen molar-refractivity contribution >= 4 is 12.1 Å². The maximum atomic E-state index is 12.9. The standard InChI is InChI=1S/C33H47NO7/c1-22(2)26(17-25-13-14-29(38-6)31(18-25)39-16-10-15-37-5)19-28(30-20-27(23(3)4)32(35)41-30)34-33(36)40-21-24-11-8-7-9-12-24/h7-9,11-14,18,22-23,26-28,30H,10,15-17,19-21H2,1-6H3,(H,34,36)/t26?,27-,28?,30?/m0/s1. The van der Waals surface area contributed by atoms with Gasteiger partial charge in [0.2, 0.25) is 0 Å². The molecular formula is C33H47NO7. The number of alkyl carbamates (subject to hydrolysis) is 1. The smallest absolute Gasteiger partial charge is 0.407 e. The topological polar surface area (TPSA) is 92.3 Å². The number of rotatable bonds is 16. The maximum absolute atomic E-state index is 12.9. The Morgan fingerprint density at radius 1 is 1.00 bits per heavy atom. The molecule has 8 nitrogen and oxygen atoms in total. The second kappa shape index (κ2) is 16.2. The number of ether oxygens (including phenoxy) is 5. The fourth-order valence-electron chi connectivity index (χ4n) is 5.21. The first-order valence-electron chi connectivity index (χ1n) is 14.7. The molecule has 1 saturated heterocycles. The number of hydrogen-bond acceptors (Lipinski definition) is 7. The van der Waals surface area contributed by atoms with Crippen LogP contribution in [0.1, 0.15) is 58.1 Å². The molecule has 0 saturated carbocycles. The average Bonchev–Trinajstić information content (AvgIpc) is 3.36. The van der Waals surface area contributed by atoms with Crippen molar-refractivity contribution in [3.8, 4) is 11.5 Å². The Hall–Kier alpha value is -3.26. The number of carbonyl (C=O) groups excluding carboxylic acids is 2. The molecule has 2 aromatic rings. The van der Waals surface area contributed by atoms with Crippen molar-refractivity contribution in [2.75, 3.05) is 27.4 Å². The van der Waals surface area contributed by atoms with Gasteiger partial charge in [-0.3, -0.25) is 4.79 Å². The van der Waals surface area contributed by atoms with Crippen molar-refractivity contribution in [1.29, 1.82) is 0 Å². The second-order valence-corrected chi connectivity index (χ2v) is 11.5. The molecule has 1 N–H and O–H groups in total. The lowest BCUT2D eigenvalue weighted by Crippen LogP contribution is -2.45. The lowest BCUT2D eigenvalue weighted by Gasteiger charge is -2.30. The van der Waals surface area contributed by atoms with Crippen molar-refractivity contribution in [2.24, 2.45) is 23.7 Å². The molecule has 3 rings (SSSR count). The third-order valence-electron chi connectivity index (χ3n) is 7.80. The van der Waals surface area contributed by atoms with Gasteiger partial charge >= 0.3 is 12.1 Å². The molecule has 0 aromatic heterocycles. The zero-order valence-corrected chi connectivity index (χ0v) is 25.4. The molecule has 0 radical (unpaired) electrons. The van der Waals surface area contributed by atoms with Crippen LogP contribution < -0.4 is 14.8 Å². The van der Waals surface area contributed by atoms with Gasteiger partial charge in [0.05, 0.1) is 25.7 Å². The van der Waals surface area contributed by atoms with E-state index in [9.17, 15) is 9.59 Å². The van der Waals surface area contributed by atoms with Crippen LogP contribution in [0.2, 0.25) is 0 Å². The Morgan fingerprint density at radius 3 is 2.39 bits per heavy atom. The molecule has 226 valence electrons. The van der Waals surface area contributed by atoms with Crippen molar-refractivity contribution in [1.82, 2.24) is 5.32 Å². The predicted octanol–water partition coefficient (Wildman–Crippen LogP) is 6.20. The molecule has 2 aromatic carbocycles. The first-order valence-corrected chi connectivity index (χ1v) is 14.7. The third kappa shape index (κ3) is 9.95. The Balaban J connectivity index is 1.75. The van der Waals surface area contributed by atoms with Gasteiger partial charge in [0.25, 0.3) is 0 Å². The molecular weight excluding hydrogens is 522 g/mol. The molecule has 1 amide bonds. The molecule has 1 aliphatic rings. The van der Waals surface area contributed by atoms with E-state index in [1.165, 1.54) is 0 Å². The van der Waals surface area contributed by atoms with Crippen LogP contribution in [0.15, 0.2) is 48.5 Å². The van der Waals surface area contributed by atoms with Gasteiger partial charge < -0.3 is 29.0 Å². The molecule has 1 fully saturated rings. The van der Waals surface area contributed by atoms with E-state index in [1.54, 1.807) is 14.2 Å². The van der Waals surface area contributed by atoms with Gasteiger partial charge in [0, 0.05) is 20.1 Å². The van der Waals surface area contributed by atoms with Gasteiger partial charge in [0.1, 0.15) is 12.7 Å². The molecule has 1 aliphatic heterocycles. The lowest BCUT2D eigenvalue weighted by atomic mass is 9.81. The minimum Gasteiger partial charge on any atom is -0.493 e. The predicted molar refractivity (Wildman–Crippen MR) is 158 cm³/mol. The highest BCUT2D eigenvalue weighted by Crippen LogP contribution is 2.34. The van der Waals surface area contributed by atoms with Crippen LogP contribution in [-0.2, 0) is 32.0 Å². The van der Waals surface area contributed by atoms with Gasteiger partial charge in [-0.1, -0.05) is 64.1 Å². The molecule has 0 spiro atoms. The molecule has 3 unspecified atom stereocenters. The molecule has 8 heteroatoms. The zero-order chi connectivity index (χ0) is 29.8. The van der Waals surface area contributed by atoms with E-state index in [-0.39, 0.29) is 36.4 Å².